The predicted molar refractivity (Wildman–Crippen MR) is 80.6 cm³/mol. The van der Waals surface area contributed by atoms with Gasteiger partial charge in [-0.3, -0.25) is 0 Å². The Hall–Kier alpha value is -1.01. The van der Waals surface area contributed by atoms with E-state index in [1.807, 2.05) is 12.3 Å². The molecular weight excluding hydrogens is 299 g/mol. The molecule has 0 fully saturated rings. The molecule has 0 unspecified atom stereocenters. The third kappa shape index (κ3) is 3.76. The fourth-order valence-corrected chi connectivity index (χ4v) is 2.80. The van der Waals surface area contributed by atoms with Crippen LogP contribution in [0.3, 0.4) is 0 Å². The number of aliphatic hydroxyl groups is 1. The highest BCUT2D eigenvalue weighted by atomic mass is 35.5. The first kappa shape index (κ1) is 15.4. The number of aromatic nitrogens is 1. The standard InChI is InChI=1S/C14H16ClFN2OS/c1-9(17-5-2-6-19)14-18-13(8-20-14)10-3-4-12(16)11(15)7-10/h3-4,7-9,17,19H,2,5-6H2,1H3/t9-/m0/s1. The van der Waals surface area contributed by atoms with Crippen LogP contribution in [0.1, 0.15) is 24.4 Å². The summed E-state index contributed by atoms with van der Waals surface area (Å²) in [4.78, 5) is 4.54. The van der Waals surface area contributed by atoms with E-state index in [0.717, 1.165) is 29.2 Å². The van der Waals surface area contributed by atoms with Gasteiger partial charge in [0.1, 0.15) is 10.8 Å². The van der Waals surface area contributed by atoms with Crippen LogP contribution < -0.4 is 5.32 Å². The van der Waals surface area contributed by atoms with E-state index >= 15 is 0 Å². The van der Waals surface area contributed by atoms with Crippen LogP contribution in [0.4, 0.5) is 4.39 Å². The molecule has 0 amide bonds. The zero-order valence-corrected chi connectivity index (χ0v) is 12.6. The topological polar surface area (TPSA) is 45.1 Å². The fraction of sp³-hybridized carbons (Fsp3) is 0.357. The molecule has 0 spiro atoms. The summed E-state index contributed by atoms with van der Waals surface area (Å²) in [5, 5.41) is 15.0. The molecular formula is C14H16ClFN2OS. The first-order valence-electron chi connectivity index (χ1n) is 6.37. The molecule has 6 heteroatoms. The summed E-state index contributed by atoms with van der Waals surface area (Å²) in [7, 11) is 0. The third-order valence-electron chi connectivity index (χ3n) is 2.89. The number of halogens is 2. The van der Waals surface area contributed by atoms with Crippen LogP contribution in [0.2, 0.25) is 5.02 Å². The Bertz CT molecular complexity index is 576. The van der Waals surface area contributed by atoms with Crippen molar-refractivity contribution in [3.05, 3.63) is 39.4 Å². The molecule has 108 valence electrons. The number of hydrogen-bond acceptors (Lipinski definition) is 4. The molecule has 3 nitrogen and oxygen atoms in total. The second-order valence-corrected chi connectivity index (χ2v) is 5.75. The molecule has 1 atom stereocenters. The normalized spacial score (nSPS) is 12.6. The van der Waals surface area contributed by atoms with E-state index in [4.69, 9.17) is 16.7 Å². The van der Waals surface area contributed by atoms with Crippen LogP contribution in [-0.4, -0.2) is 23.2 Å². The van der Waals surface area contributed by atoms with Gasteiger partial charge in [0.05, 0.1) is 16.8 Å². The van der Waals surface area contributed by atoms with Gasteiger partial charge in [-0.2, -0.15) is 0 Å². The first-order chi connectivity index (χ1) is 9.61. The summed E-state index contributed by atoms with van der Waals surface area (Å²) in [5.74, 6) is -0.426. The molecule has 0 radical (unpaired) electrons. The number of thiazole rings is 1. The average molecular weight is 315 g/mol. The zero-order valence-electron chi connectivity index (χ0n) is 11.1. The van der Waals surface area contributed by atoms with Crippen molar-refractivity contribution in [2.75, 3.05) is 13.2 Å². The second-order valence-electron chi connectivity index (χ2n) is 4.45. The summed E-state index contributed by atoms with van der Waals surface area (Å²) in [6, 6.07) is 4.72. The highest BCUT2D eigenvalue weighted by Crippen LogP contribution is 2.28. The fourth-order valence-electron chi connectivity index (χ4n) is 1.76. The van der Waals surface area contributed by atoms with Crippen LogP contribution >= 0.6 is 22.9 Å². The minimum atomic E-state index is -0.426. The molecule has 2 aromatic rings. The van der Waals surface area contributed by atoms with Crippen LogP contribution in [0.15, 0.2) is 23.6 Å². The maximum atomic E-state index is 13.1. The Morgan fingerprint density at radius 2 is 2.30 bits per heavy atom. The number of nitrogens with zero attached hydrogens (tertiary/aromatic N) is 1. The Labute approximate surface area is 126 Å². The van der Waals surface area contributed by atoms with Crippen LogP contribution in [0, 0.1) is 5.82 Å². The predicted octanol–water partition coefficient (Wildman–Crippen LogP) is 3.64. The van der Waals surface area contributed by atoms with Gasteiger partial charge in [0, 0.05) is 17.6 Å². The molecule has 1 aromatic carbocycles. The summed E-state index contributed by atoms with van der Waals surface area (Å²) in [6.07, 6.45) is 0.718. The van der Waals surface area contributed by atoms with Gasteiger partial charge >= 0.3 is 0 Å². The molecule has 1 aromatic heterocycles. The summed E-state index contributed by atoms with van der Waals surface area (Å²) >= 11 is 7.33. The van der Waals surface area contributed by atoms with Crippen molar-refractivity contribution in [3.63, 3.8) is 0 Å². The molecule has 0 aliphatic rings. The quantitative estimate of drug-likeness (QED) is 0.800. The monoisotopic (exact) mass is 314 g/mol. The number of rotatable bonds is 6. The number of benzene rings is 1. The maximum absolute atomic E-state index is 13.1. The van der Waals surface area contributed by atoms with E-state index in [2.05, 4.69) is 10.3 Å². The smallest absolute Gasteiger partial charge is 0.141 e. The minimum Gasteiger partial charge on any atom is -0.396 e. The van der Waals surface area contributed by atoms with Crippen molar-refractivity contribution >= 4 is 22.9 Å². The Morgan fingerprint density at radius 1 is 1.50 bits per heavy atom. The molecule has 0 saturated heterocycles. The van der Waals surface area contributed by atoms with Crippen molar-refractivity contribution in [1.29, 1.82) is 0 Å². The lowest BCUT2D eigenvalue weighted by molar-refractivity contribution is 0.284. The van der Waals surface area contributed by atoms with Crippen molar-refractivity contribution in [2.24, 2.45) is 0 Å². The van der Waals surface area contributed by atoms with Gasteiger partial charge in [-0.15, -0.1) is 11.3 Å². The zero-order chi connectivity index (χ0) is 14.5. The minimum absolute atomic E-state index is 0.103. The maximum Gasteiger partial charge on any atom is 0.141 e. The second kappa shape index (κ2) is 7.13. The van der Waals surface area contributed by atoms with E-state index in [-0.39, 0.29) is 17.7 Å². The van der Waals surface area contributed by atoms with Gasteiger partial charge < -0.3 is 10.4 Å². The van der Waals surface area contributed by atoms with E-state index in [0.29, 0.717) is 0 Å². The van der Waals surface area contributed by atoms with Crippen LogP contribution in [0.25, 0.3) is 11.3 Å². The first-order valence-corrected chi connectivity index (χ1v) is 7.62. The van der Waals surface area contributed by atoms with Crippen molar-refractivity contribution in [3.8, 4) is 11.3 Å². The molecule has 0 aliphatic carbocycles. The Kier molecular flexibility index (Phi) is 5.48. The molecule has 0 aliphatic heterocycles. The summed E-state index contributed by atoms with van der Waals surface area (Å²) < 4.78 is 13.1. The molecule has 2 rings (SSSR count). The highest BCUT2D eigenvalue weighted by Gasteiger charge is 2.11. The summed E-state index contributed by atoms with van der Waals surface area (Å²) in [6.45, 7) is 2.95. The highest BCUT2D eigenvalue weighted by molar-refractivity contribution is 7.10. The molecule has 0 saturated carbocycles. The number of hydrogen-bond donors (Lipinski definition) is 2. The molecule has 0 bridgehead atoms. The van der Waals surface area contributed by atoms with E-state index in [1.165, 1.54) is 6.07 Å². The lowest BCUT2D eigenvalue weighted by Gasteiger charge is -2.09. The number of nitrogens with one attached hydrogen (secondary N) is 1. The van der Waals surface area contributed by atoms with Crippen molar-refractivity contribution in [1.82, 2.24) is 10.3 Å². The van der Waals surface area contributed by atoms with E-state index < -0.39 is 5.82 Å². The average Bonchev–Trinajstić information content (AvgIpc) is 2.92. The van der Waals surface area contributed by atoms with Crippen molar-refractivity contribution < 1.29 is 9.50 Å². The van der Waals surface area contributed by atoms with Gasteiger partial charge in [0.15, 0.2) is 0 Å². The van der Waals surface area contributed by atoms with E-state index in [9.17, 15) is 4.39 Å². The van der Waals surface area contributed by atoms with Gasteiger partial charge in [0.2, 0.25) is 0 Å². The molecule has 1 heterocycles. The Balaban J connectivity index is 2.09. The van der Waals surface area contributed by atoms with Crippen LogP contribution in [0.5, 0.6) is 0 Å². The number of aliphatic hydroxyl groups excluding tert-OH is 1. The van der Waals surface area contributed by atoms with Gasteiger partial charge in [-0.05, 0) is 38.1 Å². The largest absolute Gasteiger partial charge is 0.396 e. The van der Waals surface area contributed by atoms with Gasteiger partial charge in [-0.1, -0.05) is 11.6 Å². The lowest BCUT2D eigenvalue weighted by Crippen LogP contribution is -2.20. The molecule has 20 heavy (non-hydrogen) atoms. The SMILES string of the molecule is C[C@H](NCCCO)c1nc(-c2ccc(F)c(Cl)c2)cs1. The van der Waals surface area contributed by atoms with E-state index in [1.54, 1.807) is 23.5 Å². The van der Waals surface area contributed by atoms with Gasteiger partial charge in [0.25, 0.3) is 0 Å². The van der Waals surface area contributed by atoms with Crippen LogP contribution in [-0.2, 0) is 0 Å². The Morgan fingerprint density at radius 3 is 3.00 bits per heavy atom. The summed E-state index contributed by atoms with van der Waals surface area (Å²) in [5.41, 5.74) is 1.60. The lowest BCUT2D eigenvalue weighted by atomic mass is 10.2. The third-order valence-corrected chi connectivity index (χ3v) is 4.21. The molecule has 2 N–H and O–H groups in total. The van der Waals surface area contributed by atoms with Crippen molar-refractivity contribution in [2.45, 2.75) is 19.4 Å². The van der Waals surface area contributed by atoms with Gasteiger partial charge in [-0.25, -0.2) is 9.37 Å².